The van der Waals surface area contributed by atoms with Gasteiger partial charge in [-0.05, 0) is 81.9 Å². The van der Waals surface area contributed by atoms with Gasteiger partial charge in [-0.25, -0.2) is 8.42 Å². The van der Waals surface area contributed by atoms with Crippen LogP contribution in [0, 0.1) is 12.8 Å². The van der Waals surface area contributed by atoms with Crippen molar-refractivity contribution in [3.63, 3.8) is 0 Å². The van der Waals surface area contributed by atoms with Crippen molar-refractivity contribution in [2.24, 2.45) is 5.92 Å². The predicted molar refractivity (Wildman–Crippen MR) is 167 cm³/mol. The monoisotopic (exact) mass is 675 g/mol. The zero-order valence-corrected chi connectivity index (χ0v) is 26.8. The second-order valence-corrected chi connectivity index (χ2v) is 13.9. The molecule has 3 unspecified atom stereocenters. The molecule has 46 heavy (non-hydrogen) atoms. The first-order chi connectivity index (χ1) is 21.7. The van der Waals surface area contributed by atoms with Crippen LogP contribution in [0.4, 0.5) is 18.9 Å². The number of likely N-dealkylation sites (tertiary alicyclic amines) is 1. The summed E-state index contributed by atoms with van der Waals surface area (Å²) in [7, 11) is -4.56. The molecule has 2 aromatic carbocycles. The summed E-state index contributed by atoms with van der Waals surface area (Å²) in [5.41, 5.74) is -0.316. The quantitative estimate of drug-likeness (QED) is 0.251. The average molecular weight is 676 g/mol. The number of sulfonamides is 1. The number of halogens is 4. The third kappa shape index (κ3) is 6.12. The Hall–Kier alpha value is -3.90. The zero-order chi connectivity index (χ0) is 33.6. The minimum absolute atomic E-state index is 0.0650. The molecule has 5 rings (SSSR count). The minimum atomic E-state index is -4.79. The van der Waals surface area contributed by atoms with Crippen molar-refractivity contribution in [3.05, 3.63) is 94.6 Å². The Morgan fingerprint density at radius 1 is 1.04 bits per heavy atom. The van der Waals surface area contributed by atoms with Crippen LogP contribution in [0.5, 0.6) is 0 Å². The fraction of sp³-hybridized carbons (Fsp3) is 0.364. The molecule has 0 radical (unpaired) electrons. The first kappa shape index (κ1) is 33.5. The van der Waals surface area contributed by atoms with Crippen LogP contribution >= 0.6 is 11.6 Å². The number of hydrogen-bond donors (Lipinski definition) is 0. The summed E-state index contributed by atoms with van der Waals surface area (Å²) in [6.07, 6.45) is 2.09. The number of piperidine rings is 1. The van der Waals surface area contributed by atoms with E-state index in [1.54, 1.807) is 37.0 Å². The number of benzene rings is 2. The van der Waals surface area contributed by atoms with Gasteiger partial charge in [0.1, 0.15) is 6.54 Å². The largest absolute Gasteiger partial charge is 0.416 e. The fourth-order valence-corrected chi connectivity index (χ4v) is 8.35. The van der Waals surface area contributed by atoms with E-state index in [0.29, 0.717) is 36.1 Å². The molecule has 3 heterocycles. The van der Waals surface area contributed by atoms with Gasteiger partial charge in [0.25, 0.3) is 21.8 Å². The van der Waals surface area contributed by atoms with Crippen molar-refractivity contribution >= 4 is 45.0 Å². The molecule has 2 aromatic rings. The molecule has 3 aliphatic rings. The molecule has 0 aliphatic carbocycles. The standard InChI is InChI=1S/C33H33ClF3N3O5S/c1-4-6-26-25(5-2)31(42)38(32(26)43)18-21-9-11-23-12-16-28(21)40(23)30(41)19-39(46(44,45)24-13-7-20(3)8-14-24)29-17-22(33(35,36)37)10-15-27(29)34/h4-8,10,13-15,17,21,23,28H,1,9,11-12,16,18-19H2,2-3H3/b25-5+,26-6+. The second kappa shape index (κ2) is 12.7. The lowest BCUT2D eigenvalue weighted by Crippen LogP contribution is -2.54. The highest BCUT2D eigenvalue weighted by atomic mass is 35.5. The molecule has 3 aliphatic heterocycles. The third-order valence-corrected chi connectivity index (χ3v) is 11.0. The maximum Gasteiger partial charge on any atom is 0.416 e. The number of fused-ring (bicyclic) bond motifs is 2. The molecule has 0 spiro atoms. The summed E-state index contributed by atoms with van der Waals surface area (Å²) < 4.78 is 69.8. The molecular weight excluding hydrogens is 643 g/mol. The summed E-state index contributed by atoms with van der Waals surface area (Å²) in [4.78, 5) is 43.0. The lowest BCUT2D eigenvalue weighted by Gasteiger charge is -2.42. The van der Waals surface area contributed by atoms with Gasteiger partial charge in [0.2, 0.25) is 5.91 Å². The maximum absolute atomic E-state index is 14.1. The molecule has 3 amide bonds. The molecule has 3 saturated heterocycles. The van der Waals surface area contributed by atoms with Crippen molar-refractivity contribution in [2.45, 2.75) is 62.7 Å². The maximum atomic E-state index is 14.1. The molecule has 13 heteroatoms. The van der Waals surface area contributed by atoms with Gasteiger partial charge in [-0.15, -0.1) is 0 Å². The Labute approximate surface area is 270 Å². The van der Waals surface area contributed by atoms with E-state index in [2.05, 4.69) is 6.58 Å². The highest BCUT2D eigenvalue weighted by molar-refractivity contribution is 7.92. The van der Waals surface area contributed by atoms with Gasteiger partial charge in [-0.1, -0.05) is 48.0 Å². The Morgan fingerprint density at radius 2 is 1.70 bits per heavy atom. The van der Waals surface area contributed by atoms with Gasteiger partial charge >= 0.3 is 6.18 Å². The van der Waals surface area contributed by atoms with Gasteiger partial charge < -0.3 is 4.90 Å². The van der Waals surface area contributed by atoms with Gasteiger partial charge in [-0.2, -0.15) is 13.2 Å². The first-order valence-corrected chi connectivity index (χ1v) is 16.6. The number of nitrogens with zero attached hydrogens (tertiary/aromatic N) is 3. The second-order valence-electron chi connectivity index (χ2n) is 11.7. The van der Waals surface area contributed by atoms with E-state index in [0.717, 1.165) is 17.7 Å². The van der Waals surface area contributed by atoms with Crippen LogP contribution in [-0.2, 0) is 30.6 Å². The van der Waals surface area contributed by atoms with Gasteiger partial charge in [-0.3, -0.25) is 23.6 Å². The number of carbonyl (C=O) groups excluding carboxylic acids is 3. The van der Waals surface area contributed by atoms with Crippen LogP contribution in [0.15, 0.2) is 83.3 Å². The normalized spacial score (nSPS) is 23.5. The molecule has 3 atom stereocenters. The van der Waals surface area contributed by atoms with Crippen LogP contribution in [0.2, 0.25) is 5.02 Å². The summed E-state index contributed by atoms with van der Waals surface area (Å²) in [5, 5.41) is -0.273. The molecule has 3 fully saturated rings. The molecule has 0 aromatic heterocycles. The number of alkyl halides is 3. The summed E-state index contributed by atoms with van der Waals surface area (Å²) in [6.45, 7) is 6.30. The molecule has 244 valence electrons. The van der Waals surface area contributed by atoms with E-state index in [1.807, 2.05) is 0 Å². The van der Waals surface area contributed by atoms with Crippen molar-refractivity contribution in [1.82, 2.24) is 9.80 Å². The van der Waals surface area contributed by atoms with Crippen LogP contribution in [0.25, 0.3) is 0 Å². The number of hydrogen-bond acceptors (Lipinski definition) is 5. The Balaban J connectivity index is 1.47. The van der Waals surface area contributed by atoms with E-state index in [-0.39, 0.29) is 39.6 Å². The summed E-state index contributed by atoms with van der Waals surface area (Å²) in [6, 6.07) is 7.45. The van der Waals surface area contributed by atoms with Crippen molar-refractivity contribution < 1.29 is 36.0 Å². The van der Waals surface area contributed by atoms with Crippen LogP contribution < -0.4 is 4.31 Å². The van der Waals surface area contributed by atoms with Gasteiger partial charge in [0, 0.05) is 24.2 Å². The average Bonchev–Trinajstić information content (AvgIpc) is 3.44. The minimum Gasteiger partial charge on any atom is -0.335 e. The summed E-state index contributed by atoms with van der Waals surface area (Å²) >= 11 is 6.32. The van der Waals surface area contributed by atoms with E-state index in [4.69, 9.17) is 11.6 Å². The fourth-order valence-electron chi connectivity index (χ4n) is 6.65. The topological polar surface area (TPSA) is 95.1 Å². The van der Waals surface area contributed by atoms with E-state index < -0.39 is 57.8 Å². The van der Waals surface area contributed by atoms with Crippen molar-refractivity contribution in [3.8, 4) is 0 Å². The molecule has 8 nitrogen and oxygen atoms in total. The number of carbonyl (C=O) groups is 3. The van der Waals surface area contributed by atoms with Crippen LogP contribution in [0.3, 0.4) is 0 Å². The Kier molecular flexibility index (Phi) is 9.25. The van der Waals surface area contributed by atoms with E-state index in [1.165, 1.54) is 29.2 Å². The number of imide groups is 1. The van der Waals surface area contributed by atoms with Gasteiger partial charge in [0.15, 0.2) is 0 Å². The molecule has 0 saturated carbocycles. The number of aryl methyl sites for hydroxylation is 1. The molecule has 0 N–H and O–H groups in total. The number of amides is 3. The number of rotatable bonds is 8. The number of allylic oxidation sites excluding steroid dienone is 3. The van der Waals surface area contributed by atoms with E-state index in [9.17, 15) is 36.0 Å². The van der Waals surface area contributed by atoms with E-state index >= 15 is 0 Å². The first-order valence-electron chi connectivity index (χ1n) is 14.8. The highest BCUT2D eigenvalue weighted by Gasteiger charge is 2.48. The van der Waals surface area contributed by atoms with Crippen LogP contribution in [0.1, 0.15) is 43.7 Å². The molecular formula is C33H33ClF3N3O5S. The van der Waals surface area contributed by atoms with Gasteiger partial charge in [0.05, 0.1) is 26.7 Å². The SMILES string of the molecule is C=C/C=C1/C(=O)N(CC2CCC3CCC2N3C(=O)CN(c2cc(C(F)(F)F)ccc2Cl)S(=O)(=O)c2ccc(C)cc2)C(=O)/C1=C/C. The molecule has 2 bridgehead atoms. The Bertz CT molecular complexity index is 1750. The predicted octanol–water partition coefficient (Wildman–Crippen LogP) is 6.06. The van der Waals surface area contributed by atoms with Crippen LogP contribution in [-0.4, -0.2) is 61.1 Å². The lowest BCUT2D eigenvalue weighted by molar-refractivity contribution is -0.140. The Morgan fingerprint density at radius 3 is 2.33 bits per heavy atom. The highest BCUT2D eigenvalue weighted by Crippen LogP contribution is 2.42. The van der Waals surface area contributed by atoms with Crippen molar-refractivity contribution in [1.29, 1.82) is 0 Å². The zero-order valence-electron chi connectivity index (χ0n) is 25.3. The summed E-state index contributed by atoms with van der Waals surface area (Å²) in [5.74, 6) is -1.78. The number of anilines is 1. The smallest absolute Gasteiger partial charge is 0.335 e. The third-order valence-electron chi connectivity index (χ3n) is 8.91. The van der Waals surface area contributed by atoms with Crippen molar-refractivity contribution in [2.75, 3.05) is 17.4 Å². The lowest BCUT2D eigenvalue weighted by atomic mass is 9.89.